The number of rotatable bonds is 4. The maximum Gasteiger partial charge on any atom is 0.341 e. The fourth-order valence-corrected chi connectivity index (χ4v) is 4.72. The van der Waals surface area contributed by atoms with E-state index in [1.807, 2.05) is 31.2 Å². The zero-order chi connectivity index (χ0) is 22.2. The molecule has 1 saturated heterocycles. The van der Waals surface area contributed by atoms with Crippen LogP contribution in [0.5, 0.6) is 0 Å². The number of amides is 1. The van der Waals surface area contributed by atoms with Gasteiger partial charge >= 0.3 is 5.97 Å². The Bertz CT molecular complexity index is 1310. The van der Waals surface area contributed by atoms with Crippen LogP contribution in [0.4, 0.5) is 0 Å². The molecule has 3 heterocycles. The first-order valence-corrected chi connectivity index (χ1v) is 11.2. The summed E-state index contributed by atoms with van der Waals surface area (Å²) in [7, 11) is 0. The molecular weight excluding hydrogens is 428 g/mol. The largest absolute Gasteiger partial charge is 0.464 e. The maximum absolute atomic E-state index is 13.4. The molecule has 1 unspecified atom stereocenters. The van der Waals surface area contributed by atoms with Crippen LogP contribution in [-0.2, 0) is 4.74 Å². The molecule has 0 saturated carbocycles. The third kappa shape index (κ3) is 3.67. The topological polar surface area (TPSA) is 85.8 Å². The van der Waals surface area contributed by atoms with Gasteiger partial charge in [-0.05, 0) is 25.1 Å². The lowest BCUT2D eigenvalue weighted by Crippen LogP contribution is -2.38. The summed E-state index contributed by atoms with van der Waals surface area (Å²) in [5, 5.41) is 0.673. The molecule has 1 fully saturated rings. The van der Waals surface area contributed by atoms with E-state index in [2.05, 4.69) is 4.98 Å². The number of carbonyl (C=O) groups excluding carboxylic acids is 2. The molecule has 5 rings (SSSR count). The molecule has 1 aliphatic rings. The molecule has 8 heteroatoms. The third-order valence-electron chi connectivity index (χ3n) is 5.28. The smallest absolute Gasteiger partial charge is 0.341 e. The van der Waals surface area contributed by atoms with Gasteiger partial charge in [0, 0.05) is 30.2 Å². The first kappa shape index (κ1) is 20.4. The number of ether oxygens (including phenoxy) is 1. The third-order valence-corrected chi connectivity index (χ3v) is 6.34. The maximum atomic E-state index is 13.4. The van der Waals surface area contributed by atoms with Crippen LogP contribution in [0.25, 0.3) is 22.3 Å². The lowest BCUT2D eigenvalue weighted by atomic mass is 10.1. The van der Waals surface area contributed by atoms with Crippen molar-refractivity contribution in [1.82, 2.24) is 9.88 Å². The van der Waals surface area contributed by atoms with Crippen molar-refractivity contribution in [3.05, 3.63) is 77.5 Å². The van der Waals surface area contributed by atoms with Gasteiger partial charge in [-0.15, -0.1) is 0 Å². The van der Waals surface area contributed by atoms with Gasteiger partial charge in [0.05, 0.1) is 11.8 Å². The Kier molecular flexibility index (Phi) is 5.22. The van der Waals surface area contributed by atoms with E-state index < -0.39 is 11.5 Å². The highest BCUT2D eigenvalue weighted by Crippen LogP contribution is 2.32. The fraction of sp³-hybridized carbons (Fsp3) is 0.208. The van der Waals surface area contributed by atoms with Crippen molar-refractivity contribution < 1.29 is 23.2 Å². The summed E-state index contributed by atoms with van der Waals surface area (Å²) in [5.41, 5.74) is 2.34. The van der Waals surface area contributed by atoms with Crippen LogP contribution in [-0.4, -0.2) is 39.6 Å². The van der Waals surface area contributed by atoms with E-state index in [1.54, 1.807) is 31.2 Å². The molecule has 0 aliphatic carbocycles. The molecule has 162 valence electrons. The van der Waals surface area contributed by atoms with Gasteiger partial charge in [-0.3, -0.25) is 9.69 Å². The molecule has 32 heavy (non-hydrogen) atoms. The number of aryl methyl sites for hydroxylation is 2. The summed E-state index contributed by atoms with van der Waals surface area (Å²) in [6.45, 7) is 4.14. The van der Waals surface area contributed by atoms with Crippen LogP contribution < -0.4 is 0 Å². The fourth-order valence-electron chi connectivity index (χ4n) is 3.68. The van der Waals surface area contributed by atoms with E-state index in [9.17, 15) is 9.59 Å². The summed E-state index contributed by atoms with van der Waals surface area (Å²) in [6, 6.07) is 14.6. The molecular formula is C24H20N2O5S. The van der Waals surface area contributed by atoms with E-state index >= 15 is 0 Å². The number of oxazole rings is 1. The molecule has 7 nitrogen and oxygen atoms in total. The standard InChI is InChI=1S/C24H20N2O5S/c1-14-6-8-16(9-7-14)21-20(25-15(2)30-21)22(27)26-11-13-32-24(26)31-23(28)18-4-3-5-19-17(18)10-12-29-19/h3-10,12,24H,11,13H2,1-2H3. The molecule has 1 aliphatic heterocycles. The SMILES string of the molecule is Cc1ccc(-c2oc(C)nc2C(=O)N2CCSC2OC(=O)c2cccc3occc23)cc1. The summed E-state index contributed by atoms with van der Waals surface area (Å²) in [5.74, 6) is 0.621. The van der Waals surface area contributed by atoms with Crippen molar-refractivity contribution in [3.63, 3.8) is 0 Å². The van der Waals surface area contributed by atoms with Crippen molar-refractivity contribution in [2.75, 3.05) is 12.3 Å². The van der Waals surface area contributed by atoms with E-state index in [0.717, 1.165) is 11.1 Å². The number of esters is 1. The van der Waals surface area contributed by atoms with Gasteiger partial charge in [0.1, 0.15) is 5.58 Å². The van der Waals surface area contributed by atoms with E-state index in [0.29, 0.717) is 40.5 Å². The predicted molar refractivity (Wildman–Crippen MR) is 120 cm³/mol. The molecule has 2 aromatic carbocycles. The zero-order valence-corrected chi connectivity index (χ0v) is 18.3. The minimum atomic E-state index is -0.750. The molecule has 1 amide bonds. The Labute approximate surface area is 188 Å². The molecule has 2 aromatic heterocycles. The molecule has 4 aromatic rings. The van der Waals surface area contributed by atoms with Crippen LogP contribution in [0.2, 0.25) is 0 Å². The van der Waals surface area contributed by atoms with Crippen molar-refractivity contribution in [2.24, 2.45) is 0 Å². The number of benzene rings is 2. The summed E-state index contributed by atoms with van der Waals surface area (Å²) < 4.78 is 16.9. The average molecular weight is 449 g/mol. The highest BCUT2D eigenvalue weighted by molar-refractivity contribution is 8.00. The number of hydrogen-bond acceptors (Lipinski definition) is 7. The molecule has 0 spiro atoms. The second kappa shape index (κ2) is 8.20. The Hall–Kier alpha value is -3.52. The van der Waals surface area contributed by atoms with E-state index in [-0.39, 0.29) is 11.6 Å². The lowest BCUT2D eigenvalue weighted by molar-refractivity contribution is 0.0144. The Morgan fingerprint density at radius 1 is 1.12 bits per heavy atom. The van der Waals surface area contributed by atoms with Crippen molar-refractivity contribution >= 4 is 34.6 Å². The van der Waals surface area contributed by atoms with Gasteiger partial charge in [0.2, 0.25) is 5.56 Å². The van der Waals surface area contributed by atoms with Gasteiger partial charge in [-0.25, -0.2) is 9.78 Å². The van der Waals surface area contributed by atoms with Crippen molar-refractivity contribution in [2.45, 2.75) is 19.4 Å². The normalized spacial score (nSPS) is 15.9. The van der Waals surface area contributed by atoms with Gasteiger partial charge < -0.3 is 13.6 Å². The molecule has 1 atom stereocenters. The number of nitrogens with zero attached hydrogens (tertiary/aromatic N) is 2. The first-order chi connectivity index (χ1) is 15.5. The second-order valence-corrected chi connectivity index (χ2v) is 8.64. The van der Waals surface area contributed by atoms with Crippen LogP contribution in [0, 0.1) is 13.8 Å². The van der Waals surface area contributed by atoms with Crippen molar-refractivity contribution in [3.8, 4) is 11.3 Å². The molecule has 0 bridgehead atoms. The number of aromatic nitrogens is 1. The number of thioether (sulfide) groups is 1. The monoisotopic (exact) mass is 448 g/mol. The first-order valence-electron chi connectivity index (χ1n) is 10.2. The lowest BCUT2D eigenvalue weighted by Gasteiger charge is -2.23. The molecule has 0 radical (unpaired) electrons. The number of carbonyl (C=O) groups is 2. The number of fused-ring (bicyclic) bond motifs is 1. The highest BCUT2D eigenvalue weighted by Gasteiger charge is 2.36. The minimum absolute atomic E-state index is 0.215. The minimum Gasteiger partial charge on any atom is -0.464 e. The van der Waals surface area contributed by atoms with Gasteiger partial charge in [0.15, 0.2) is 17.3 Å². The van der Waals surface area contributed by atoms with E-state index in [1.165, 1.54) is 22.9 Å². The average Bonchev–Trinajstić information content (AvgIpc) is 3.53. The highest BCUT2D eigenvalue weighted by atomic mass is 32.2. The Morgan fingerprint density at radius 2 is 1.94 bits per heavy atom. The van der Waals surface area contributed by atoms with Crippen molar-refractivity contribution in [1.29, 1.82) is 0 Å². The van der Waals surface area contributed by atoms with Crippen LogP contribution >= 0.6 is 11.8 Å². The van der Waals surface area contributed by atoms with Crippen LogP contribution in [0.1, 0.15) is 32.3 Å². The zero-order valence-electron chi connectivity index (χ0n) is 17.5. The van der Waals surface area contributed by atoms with E-state index in [4.69, 9.17) is 13.6 Å². The van der Waals surface area contributed by atoms with Crippen LogP contribution in [0.3, 0.4) is 0 Å². The Balaban J connectivity index is 1.40. The summed E-state index contributed by atoms with van der Waals surface area (Å²) in [4.78, 5) is 32.2. The van der Waals surface area contributed by atoms with Gasteiger partial charge in [0.25, 0.3) is 5.91 Å². The summed E-state index contributed by atoms with van der Waals surface area (Å²) >= 11 is 1.39. The number of furan rings is 1. The van der Waals surface area contributed by atoms with Gasteiger partial charge in [-0.1, -0.05) is 47.7 Å². The quantitative estimate of drug-likeness (QED) is 0.405. The molecule has 0 N–H and O–H groups in total. The van der Waals surface area contributed by atoms with Gasteiger partial charge in [-0.2, -0.15) is 0 Å². The number of hydrogen-bond donors (Lipinski definition) is 0. The van der Waals surface area contributed by atoms with Crippen LogP contribution in [0.15, 0.2) is 63.6 Å². The Morgan fingerprint density at radius 3 is 2.75 bits per heavy atom. The summed E-state index contributed by atoms with van der Waals surface area (Å²) in [6.07, 6.45) is 1.53. The second-order valence-electron chi connectivity index (χ2n) is 7.50. The predicted octanol–water partition coefficient (Wildman–Crippen LogP) is 5.03.